The fourth-order valence-electron chi connectivity index (χ4n) is 4.45. The highest BCUT2D eigenvalue weighted by Crippen LogP contribution is 2.21. The molecule has 4 atom stereocenters. The molecule has 2 aromatic rings. The number of anilines is 1. The molecule has 3 amide bonds. The first-order valence-electron chi connectivity index (χ1n) is 11.1. The Balaban J connectivity index is 1.61. The maximum Gasteiger partial charge on any atom is 0.315 e. The lowest BCUT2D eigenvalue weighted by Gasteiger charge is -2.36. The van der Waals surface area contributed by atoms with Gasteiger partial charge in [-0.05, 0) is 42.9 Å². The second-order valence-electron chi connectivity index (χ2n) is 8.88. The first kappa shape index (κ1) is 22.8. The van der Waals surface area contributed by atoms with E-state index in [0.29, 0.717) is 17.5 Å². The van der Waals surface area contributed by atoms with Gasteiger partial charge in [-0.1, -0.05) is 62.4 Å². The summed E-state index contributed by atoms with van der Waals surface area (Å²) in [4.78, 5) is 28.1. The van der Waals surface area contributed by atoms with Gasteiger partial charge in [-0.3, -0.25) is 4.79 Å². The summed E-state index contributed by atoms with van der Waals surface area (Å²) in [6.45, 7) is 9.49. The SMILES string of the molecule is C[C@@H]1C[C@H](C)CN(C[C@H](C)NC(=O)N[C@H](C(=O)Nc2ccccc2)c2ccccc2)C1. The van der Waals surface area contributed by atoms with E-state index in [9.17, 15) is 9.59 Å². The Kier molecular flexibility index (Phi) is 8.06. The van der Waals surface area contributed by atoms with Crippen molar-refractivity contribution < 1.29 is 9.59 Å². The molecule has 0 spiro atoms. The van der Waals surface area contributed by atoms with E-state index >= 15 is 0 Å². The zero-order valence-corrected chi connectivity index (χ0v) is 18.7. The number of likely N-dealkylation sites (tertiary alicyclic amines) is 1. The zero-order valence-electron chi connectivity index (χ0n) is 18.7. The lowest BCUT2D eigenvalue weighted by Crippen LogP contribution is -2.50. The molecule has 2 aromatic carbocycles. The molecule has 0 radical (unpaired) electrons. The molecule has 0 unspecified atom stereocenters. The topological polar surface area (TPSA) is 73.5 Å². The van der Waals surface area contributed by atoms with Crippen molar-refractivity contribution >= 4 is 17.6 Å². The lowest BCUT2D eigenvalue weighted by molar-refractivity contribution is -0.118. The van der Waals surface area contributed by atoms with Crippen LogP contribution in [0.4, 0.5) is 10.5 Å². The number of carbonyl (C=O) groups is 2. The second kappa shape index (κ2) is 11.0. The molecule has 31 heavy (non-hydrogen) atoms. The molecular weight excluding hydrogens is 388 g/mol. The van der Waals surface area contributed by atoms with E-state index < -0.39 is 6.04 Å². The normalized spacial score (nSPS) is 21.0. The van der Waals surface area contributed by atoms with Crippen molar-refractivity contribution in [3.8, 4) is 0 Å². The highest BCUT2D eigenvalue weighted by atomic mass is 16.2. The van der Waals surface area contributed by atoms with E-state index in [1.54, 1.807) is 0 Å². The van der Waals surface area contributed by atoms with Crippen LogP contribution < -0.4 is 16.0 Å². The predicted octanol–water partition coefficient (Wildman–Crippen LogP) is 4.03. The average Bonchev–Trinajstić information content (AvgIpc) is 2.72. The van der Waals surface area contributed by atoms with Gasteiger partial charge in [0.25, 0.3) is 5.91 Å². The maximum atomic E-state index is 13.0. The third-order valence-corrected chi connectivity index (χ3v) is 5.57. The van der Waals surface area contributed by atoms with Gasteiger partial charge in [0.1, 0.15) is 6.04 Å². The number of rotatable bonds is 7. The summed E-state index contributed by atoms with van der Waals surface area (Å²) in [5.41, 5.74) is 1.43. The molecular formula is C25H34N4O2. The lowest BCUT2D eigenvalue weighted by atomic mass is 9.92. The summed E-state index contributed by atoms with van der Waals surface area (Å²) in [7, 11) is 0. The van der Waals surface area contributed by atoms with Crippen LogP contribution in [0.5, 0.6) is 0 Å². The first-order valence-corrected chi connectivity index (χ1v) is 11.1. The Bertz CT molecular complexity index is 833. The van der Waals surface area contributed by atoms with Crippen LogP contribution in [0.25, 0.3) is 0 Å². The molecule has 166 valence electrons. The molecule has 1 aliphatic rings. The minimum atomic E-state index is -0.788. The quantitative estimate of drug-likeness (QED) is 0.631. The third kappa shape index (κ3) is 7.10. The summed E-state index contributed by atoms with van der Waals surface area (Å²) in [6, 6.07) is 17.4. The number of amides is 3. The third-order valence-electron chi connectivity index (χ3n) is 5.57. The Labute approximate surface area is 185 Å². The predicted molar refractivity (Wildman–Crippen MR) is 125 cm³/mol. The van der Waals surface area contributed by atoms with Crippen LogP contribution in [0.15, 0.2) is 60.7 Å². The van der Waals surface area contributed by atoms with Crippen LogP contribution in [-0.2, 0) is 4.79 Å². The van der Waals surface area contributed by atoms with Gasteiger partial charge in [-0.2, -0.15) is 0 Å². The van der Waals surface area contributed by atoms with Crippen LogP contribution in [0.2, 0.25) is 0 Å². The summed E-state index contributed by atoms with van der Waals surface area (Å²) >= 11 is 0. The van der Waals surface area contributed by atoms with Crippen molar-refractivity contribution in [2.75, 3.05) is 25.0 Å². The summed E-state index contributed by atoms with van der Waals surface area (Å²) in [5, 5.41) is 8.75. The Morgan fingerprint density at radius 3 is 2.13 bits per heavy atom. The Morgan fingerprint density at radius 2 is 1.52 bits per heavy atom. The van der Waals surface area contributed by atoms with E-state index in [1.807, 2.05) is 67.6 Å². The minimum Gasteiger partial charge on any atom is -0.334 e. The largest absolute Gasteiger partial charge is 0.334 e. The molecule has 6 nitrogen and oxygen atoms in total. The molecule has 0 saturated carbocycles. The summed E-state index contributed by atoms with van der Waals surface area (Å²) in [5.74, 6) is 1.07. The fourth-order valence-corrected chi connectivity index (χ4v) is 4.45. The Hall–Kier alpha value is -2.86. The number of nitrogens with zero attached hydrogens (tertiary/aromatic N) is 1. The number of benzene rings is 2. The molecule has 3 N–H and O–H groups in total. The van der Waals surface area contributed by atoms with E-state index in [1.165, 1.54) is 6.42 Å². The van der Waals surface area contributed by atoms with Crippen molar-refractivity contribution in [1.29, 1.82) is 0 Å². The standard InChI is InChI=1S/C25H34N4O2/c1-18-14-19(2)16-29(15-18)17-20(3)26-25(31)28-23(21-10-6-4-7-11-21)24(30)27-22-12-8-5-9-13-22/h4-13,18-20,23H,14-17H2,1-3H3,(H,27,30)(H2,26,28,31)/t18-,19+,20-,23-/m0/s1. The van der Waals surface area contributed by atoms with Gasteiger partial charge in [-0.25, -0.2) is 4.79 Å². The van der Waals surface area contributed by atoms with Gasteiger partial charge >= 0.3 is 6.03 Å². The second-order valence-corrected chi connectivity index (χ2v) is 8.88. The molecule has 1 saturated heterocycles. The van der Waals surface area contributed by atoms with Gasteiger partial charge in [0.05, 0.1) is 0 Å². The number of para-hydroxylation sites is 1. The average molecular weight is 423 g/mol. The van der Waals surface area contributed by atoms with Gasteiger partial charge in [0.2, 0.25) is 0 Å². The molecule has 0 aliphatic carbocycles. The monoisotopic (exact) mass is 422 g/mol. The minimum absolute atomic E-state index is 0.0221. The summed E-state index contributed by atoms with van der Waals surface area (Å²) in [6.07, 6.45) is 1.26. The number of hydrogen-bond donors (Lipinski definition) is 3. The van der Waals surface area contributed by atoms with Crippen molar-refractivity contribution in [2.45, 2.75) is 39.3 Å². The molecule has 1 fully saturated rings. The molecule has 6 heteroatoms. The Morgan fingerprint density at radius 1 is 0.935 bits per heavy atom. The maximum absolute atomic E-state index is 13.0. The van der Waals surface area contributed by atoms with Crippen molar-refractivity contribution in [3.63, 3.8) is 0 Å². The van der Waals surface area contributed by atoms with Gasteiger partial charge in [-0.15, -0.1) is 0 Å². The number of urea groups is 1. The van der Waals surface area contributed by atoms with E-state index in [2.05, 4.69) is 34.7 Å². The smallest absolute Gasteiger partial charge is 0.315 e. The highest BCUT2D eigenvalue weighted by molar-refractivity contribution is 5.97. The summed E-state index contributed by atoms with van der Waals surface area (Å²) < 4.78 is 0. The van der Waals surface area contributed by atoms with Crippen molar-refractivity contribution in [1.82, 2.24) is 15.5 Å². The van der Waals surface area contributed by atoms with Gasteiger partial charge < -0.3 is 20.9 Å². The fraction of sp³-hybridized carbons (Fsp3) is 0.440. The van der Waals surface area contributed by atoms with Crippen LogP contribution in [0, 0.1) is 11.8 Å². The highest BCUT2D eigenvalue weighted by Gasteiger charge is 2.25. The van der Waals surface area contributed by atoms with Crippen LogP contribution in [0.1, 0.15) is 38.8 Å². The van der Waals surface area contributed by atoms with Crippen LogP contribution >= 0.6 is 0 Å². The molecule has 0 aromatic heterocycles. The van der Waals surface area contributed by atoms with Crippen LogP contribution in [0.3, 0.4) is 0 Å². The number of hydrogen-bond acceptors (Lipinski definition) is 3. The van der Waals surface area contributed by atoms with Gasteiger partial charge in [0.15, 0.2) is 0 Å². The van der Waals surface area contributed by atoms with Crippen molar-refractivity contribution in [3.05, 3.63) is 66.2 Å². The number of nitrogens with one attached hydrogen (secondary N) is 3. The molecule has 1 aliphatic heterocycles. The van der Waals surface area contributed by atoms with Crippen LogP contribution in [-0.4, -0.2) is 42.5 Å². The molecule has 1 heterocycles. The number of piperidine rings is 1. The van der Waals surface area contributed by atoms with E-state index in [4.69, 9.17) is 0 Å². The molecule has 3 rings (SSSR count). The zero-order chi connectivity index (χ0) is 22.2. The number of carbonyl (C=O) groups excluding carboxylic acids is 2. The molecule has 0 bridgehead atoms. The van der Waals surface area contributed by atoms with E-state index in [0.717, 1.165) is 25.2 Å². The van der Waals surface area contributed by atoms with E-state index in [-0.39, 0.29) is 18.0 Å². The van der Waals surface area contributed by atoms with Gasteiger partial charge in [0, 0.05) is 31.4 Å². The first-order chi connectivity index (χ1) is 14.9. The van der Waals surface area contributed by atoms with Crippen molar-refractivity contribution in [2.24, 2.45) is 11.8 Å².